The van der Waals surface area contributed by atoms with Gasteiger partial charge in [-0.3, -0.25) is 4.79 Å². The molecule has 1 rings (SSSR count). The van der Waals surface area contributed by atoms with Crippen molar-refractivity contribution in [1.29, 1.82) is 0 Å². The molecule has 1 N–H and O–H groups in total. The third kappa shape index (κ3) is 2.52. The molecule has 7 nitrogen and oxygen atoms in total. The van der Waals surface area contributed by atoms with Gasteiger partial charge in [-0.05, 0) is 6.92 Å². The Morgan fingerprint density at radius 1 is 1.60 bits per heavy atom. The van der Waals surface area contributed by atoms with Crippen LogP contribution in [-0.4, -0.2) is 33.8 Å². The van der Waals surface area contributed by atoms with E-state index in [1.807, 2.05) is 0 Å². The number of hydrogen-bond acceptors (Lipinski definition) is 5. The third-order valence-corrected chi connectivity index (χ3v) is 1.85. The molecule has 0 bridgehead atoms. The summed E-state index contributed by atoms with van der Waals surface area (Å²) < 4.78 is 5.92. The summed E-state index contributed by atoms with van der Waals surface area (Å²) in [5.74, 6) is -1.16. The van der Waals surface area contributed by atoms with Gasteiger partial charge in [0.15, 0.2) is 5.82 Å². The van der Waals surface area contributed by atoms with Crippen molar-refractivity contribution in [1.82, 2.24) is 20.1 Å². The average Bonchev–Trinajstić information content (AvgIpc) is 2.63. The van der Waals surface area contributed by atoms with Crippen LogP contribution in [0.3, 0.4) is 0 Å². The topological polar surface area (TPSA) is 86.1 Å². The van der Waals surface area contributed by atoms with Crippen molar-refractivity contribution in [3.63, 3.8) is 0 Å². The van der Waals surface area contributed by atoms with Gasteiger partial charge in [-0.25, -0.2) is 4.79 Å². The quantitative estimate of drug-likeness (QED) is 0.510. The molecular weight excluding hydrogens is 200 g/mol. The lowest BCUT2D eigenvalue weighted by Crippen LogP contribution is -2.34. The predicted molar refractivity (Wildman–Crippen MR) is 49.6 cm³/mol. The number of amides is 1. The van der Waals surface area contributed by atoms with E-state index in [-0.39, 0.29) is 0 Å². The maximum atomic E-state index is 11.1. The van der Waals surface area contributed by atoms with Crippen molar-refractivity contribution < 1.29 is 14.3 Å². The average molecular weight is 212 g/mol. The van der Waals surface area contributed by atoms with Gasteiger partial charge in [0.05, 0.1) is 13.2 Å². The normalized spacial score (nSPS) is 11.9. The van der Waals surface area contributed by atoms with Crippen LogP contribution < -0.4 is 5.32 Å². The second-order valence-electron chi connectivity index (χ2n) is 2.99. The molecule has 0 aliphatic rings. The summed E-state index contributed by atoms with van der Waals surface area (Å²) >= 11 is 0. The van der Waals surface area contributed by atoms with Gasteiger partial charge in [0.1, 0.15) is 6.33 Å². The van der Waals surface area contributed by atoms with E-state index in [9.17, 15) is 9.59 Å². The largest absolute Gasteiger partial charge is 0.462 e. The number of esters is 1. The van der Waals surface area contributed by atoms with Gasteiger partial charge in [-0.1, -0.05) is 0 Å². The summed E-state index contributed by atoms with van der Waals surface area (Å²) in [4.78, 5) is 22.0. The van der Waals surface area contributed by atoms with Crippen LogP contribution in [0.15, 0.2) is 6.33 Å². The summed E-state index contributed by atoms with van der Waals surface area (Å²) in [6.45, 7) is 1.70. The summed E-state index contributed by atoms with van der Waals surface area (Å²) in [6, 6.07) is -0.399. The number of rotatable bonds is 2. The number of carbonyl (C=O) groups is 2. The Labute approximate surface area is 86.4 Å². The van der Waals surface area contributed by atoms with E-state index in [4.69, 9.17) is 0 Å². The number of carbonyl (C=O) groups excluding carboxylic acids is 2. The summed E-state index contributed by atoms with van der Waals surface area (Å²) in [7, 11) is 2.89. The molecule has 1 atom stereocenters. The highest BCUT2D eigenvalue weighted by Crippen LogP contribution is 2.06. The van der Waals surface area contributed by atoms with Gasteiger partial charge >= 0.3 is 11.9 Å². The molecule has 7 heteroatoms. The van der Waals surface area contributed by atoms with Crippen LogP contribution in [-0.2, 0) is 21.4 Å². The first-order valence-electron chi connectivity index (χ1n) is 4.29. The molecule has 1 aromatic heterocycles. The highest BCUT2D eigenvalue weighted by molar-refractivity contribution is 6.32. The summed E-state index contributed by atoms with van der Waals surface area (Å²) in [5.41, 5.74) is 0. The lowest BCUT2D eigenvalue weighted by Gasteiger charge is -2.11. The summed E-state index contributed by atoms with van der Waals surface area (Å²) in [6.07, 6.45) is 1.51. The molecule has 82 valence electrons. The Morgan fingerprint density at radius 2 is 2.27 bits per heavy atom. The molecule has 0 saturated heterocycles. The fourth-order valence-corrected chi connectivity index (χ4v) is 1.10. The van der Waals surface area contributed by atoms with E-state index in [1.165, 1.54) is 6.33 Å². The number of nitrogens with zero attached hydrogens (tertiary/aromatic N) is 3. The first-order chi connectivity index (χ1) is 7.06. The van der Waals surface area contributed by atoms with Crippen LogP contribution in [0.1, 0.15) is 18.8 Å². The Bertz CT molecular complexity index is 374. The Kier molecular flexibility index (Phi) is 3.37. The van der Waals surface area contributed by atoms with E-state index in [0.29, 0.717) is 5.82 Å². The van der Waals surface area contributed by atoms with Crippen molar-refractivity contribution in [3.8, 4) is 0 Å². The van der Waals surface area contributed by atoms with Gasteiger partial charge in [0.2, 0.25) is 0 Å². The van der Waals surface area contributed by atoms with Crippen LogP contribution >= 0.6 is 0 Å². The second-order valence-corrected chi connectivity index (χ2v) is 2.99. The van der Waals surface area contributed by atoms with Crippen LogP contribution in [0.25, 0.3) is 0 Å². The molecule has 1 heterocycles. The Morgan fingerprint density at radius 3 is 2.73 bits per heavy atom. The number of nitrogens with one attached hydrogen (secondary N) is 1. The van der Waals surface area contributed by atoms with Crippen molar-refractivity contribution in [2.75, 3.05) is 7.11 Å². The van der Waals surface area contributed by atoms with Crippen molar-refractivity contribution >= 4 is 11.9 Å². The van der Waals surface area contributed by atoms with Crippen molar-refractivity contribution in [2.45, 2.75) is 13.0 Å². The molecule has 0 aliphatic carbocycles. The molecule has 0 aliphatic heterocycles. The highest BCUT2D eigenvalue weighted by Gasteiger charge is 2.19. The summed E-state index contributed by atoms with van der Waals surface area (Å²) in [5, 5.41) is 9.90. The minimum Gasteiger partial charge on any atom is -0.462 e. The lowest BCUT2D eigenvalue weighted by atomic mass is 10.3. The molecule has 0 aromatic carbocycles. The van der Waals surface area contributed by atoms with Gasteiger partial charge in [-0.15, -0.1) is 10.2 Å². The maximum Gasteiger partial charge on any atom is 0.396 e. The molecule has 1 aromatic rings. The van der Waals surface area contributed by atoms with Crippen molar-refractivity contribution in [3.05, 3.63) is 12.2 Å². The minimum atomic E-state index is -0.927. The van der Waals surface area contributed by atoms with Crippen molar-refractivity contribution in [2.24, 2.45) is 7.05 Å². The van der Waals surface area contributed by atoms with Crippen LogP contribution in [0.5, 0.6) is 0 Å². The third-order valence-electron chi connectivity index (χ3n) is 1.85. The van der Waals surface area contributed by atoms with E-state index >= 15 is 0 Å². The molecule has 0 radical (unpaired) electrons. The Balaban J connectivity index is 2.64. The fourth-order valence-electron chi connectivity index (χ4n) is 1.10. The molecule has 0 spiro atoms. The number of aromatic nitrogens is 3. The SMILES string of the molecule is COC(=O)C(=O)NC(C)c1nncn1C. The van der Waals surface area contributed by atoms with Gasteiger partial charge < -0.3 is 14.6 Å². The van der Waals surface area contributed by atoms with Gasteiger partial charge in [0.25, 0.3) is 0 Å². The number of ether oxygens (including phenoxy) is 1. The highest BCUT2D eigenvalue weighted by atomic mass is 16.5. The fraction of sp³-hybridized carbons (Fsp3) is 0.500. The van der Waals surface area contributed by atoms with Gasteiger partial charge in [0, 0.05) is 7.05 Å². The predicted octanol–water partition coefficient (Wildman–Crippen LogP) is -0.835. The van der Waals surface area contributed by atoms with Crippen LogP contribution in [0, 0.1) is 0 Å². The first-order valence-corrected chi connectivity index (χ1v) is 4.29. The standard InChI is InChI=1S/C8H12N4O3/c1-5(6-11-9-4-12(6)2)10-7(13)8(14)15-3/h4-5H,1-3H3,(H,10,13). The zero-order chi connectivity index (χ0) is 11.4. The van der Waals surface area contributed by atoms with E-state index < -0.39 is 17.9 Å². The number of methoxy groups -OCH3 is 1. The monoisotopic (exact) mass is 212 g/mol. The molecule has 0 saturated carbocycles. The Hall–Kier alpha value is -1.92. The minimum absolute atomic E-state index is 0.399. The maximum absolute atomic E-state index is 11.1. The molecule has 1 amide bonds. The molecular formula is C8H12N4O3. The lowest BCUT2D eigenvalue weighted by molar-refractivity contribution is -0.153. The zero-order valence-corrected chi connectivity index (χ0v) is 8.72. The molecule has 0 fully saturated rings. The first kappa shape index (κ1) is 11.2. The zero-order valence-electron chi connectivity index (χ0n) is 8.72. The van der Waals surface area contributed by atoms with E-state index in [2.05, 4.69) is 20.3 Å². The smallest absolute Gasteiger partial charge is 0.396 e. The van der Waals surface area contributed by atoms with E-state index in [0.717, 1.165) is 7.11 Å². The van der Waals surface area contributed by atoms with Crippen LogP contribution in [0.2, 0.25) is 0 Å². The number of hydrogen-bond donors (Lipinski definition) is 1. The van der Waals surface area contributed by atoms with Crippen LogP contribution in [0.4, 0.5) is 0 Å². The second kappa shape index (κ2) is 4.54. The van der Waals surface area contributed by atoms with Gasteiger partial charge in [-0.2, -0.15) is 0 Å². The van der Waals surface area contributed by atoms with E-state index in [1.54, 1.807) is 18.5 Å². The number of aryl methyl sites for hydroxylation is 1. The molecule has 1 unspecified atom stereocenters. The molecule has 15 heavy (non-hydrogen) atoms.